The highest BCUT2D eigenvalue weighted by atomic mass is 35.5. The number of amides is 1. The van der Waals surface area contributed by atoms with E-state index in [0.29, 0.717) is 35.7 Å². The topological polar surface area (TPSA) is 69.8 Å². The Bertz CT molecular complexity index is 1300. The van der Waals surface area contributed by atoms with Gasteiger partial charge in [-0.3, -0.25) is 4.79 Å². The number of rotatable bonds is 3. The smallest absolute Gasteiger partial charge is 0.246 e. The van der Waals surface area contributed by atoms with Gasteiger partial charge in [-0.2, -0.15) is 0 Å². The largest absolute Gasteiger partial charge is 0.508 e. The zero-order valence-electron chi connectivity index (χ0n) is 18.0. The number of carbonyl (C=O) groups is 1. The fourth-order valence-electron chi connectivity index (χ4n) is 4.32. The lowest BCUT2D eigenvalue weighted by molar-refractivity contribution is -0.129. The fraction of sp³-hybridized carbons (Fsp3) is 0.200. The summed E-state index contributed by atoms with van der Waals surface area (Å²) >= 11 is 12.2. The molecule has 5 nitrogen and oxygen atoms in total. The minimum Gasteiger partial charge on any atom is -0.508 e. The predicted molar refractivity (Wildman–Crippen MR) is 135 cm³/mol. The second kappa shape index (κ2) is 9.00. The van der Waals surface area contributed by atoms with Crippen LogP contribution in [0.3, 0.4) is 0 Å². The average molecular weight is 484 g/mol. The second-order valence-electron chi connectivity index (χ2n) is 8.06. The molecule has 0 bridgehead atoms. The van der Waals surface area contributed by atoms with Crippen LogP contribution in [-0.4, -0.2) is 51.5 Å². The van der Waals surface area contributed by atoms with Crippen LogP contribution in [0.2, 0.25) is 5.02 Å². The Morgan fingerprint density at radius 1 is 1.30 bits per heavy atom. The molecule has 0 unspecified atom stereocenters. The molecule has 1 saturated heterocycles. The molecule has 0 radical (unpaired) electrons. The minimum atomic E-state index is -0.691. The quantitative estimate of drug-likeness (QED) is 0.312. The van der Waals surface area contributed by atoms with Crippen molar-refractivity contribution < 1.29 is 14.3 Å². The molecule has 1 aliphatic rings. The second-order valence-corrected chi connectivity index (χ2v) is 8.85. The summed E-state index contributed by atoms with van der Waals surface area (Å²) < 4.78 is 15.7. The number of halogens is 2. The van der Waals surface area contributed by atoms with Gasteiger partial charge in [0.2, 0.25) is 5.91 Å². The number of thiocarbonyl (C=S) groups is 1. The molecule has 0 aliphatic carbocycles. The SMILES string of the molecule is C=CC(=O)N1CCN(C(=S)c2cc(Cl)c(-c3cc(O)cc4ccccc34)c(F)c2N)C[C@H]1C. The van der Waals surface area contributed by atoms with Gasteiger partial charge < -0.3 is 20.6 Å². The molecule has 1 heterocycles. The number of anilines is 1. The van der Waals surface area contributed by atoms with Crippen LogP contribution >= 0.6 is 23.8 Å². The zero-order valence-corrected chi connectivity index (χ0v) is 19.6. The highest BCUT2D eigenvalue weighted by Crippen LogP contribution is 2.41. The number of nitrogen functional groups attached to an aromatic ring is 1. The molecule has 1 aliphatic heterocycles. The molecule has 3 aromatic carbocycles. The van der Waals surface area contributed by atoms with Gasteiger partial charge in [0.25, 0.3) is 0 Å². The number of nitrogens with two attached hydrogens (primary N) is 1. The van der Waals surface area contributed by atoms with E-state index in [1.165, 1.54) is 12.1 Å². The van der Waals surface area contributed by atoms with Crippen molar-refractivity contribution >= 4 is 51.2 Å². The normalized spacial score (nSPS) is 16.2. The van der Waals surface area contributed by atoms with Crippen LogP contribution in [0, 0.1) is 5.82 Å². The first-order valence-corrected chi connectivity index (χ1v) is 11.2. The Kier molecular flexibility index (Phi) is 6.28. The third-order valence-electron chi connectivity index (χ3n) is 5.97. The highest BCUT2D eigenvalue weighted by molar-refractivity contribution is 7.80. The minimum absolute atomic E-state index is 0.00161. The molecule has 3 N–H and O–H groups in total. The van der Waals surface area contributed by atoms with Gasteiger partial charge in [0.15, 0.2) is 5.82 Å². The lowest BCUT2D eigenvalue weighted by atomic mass is 9.95. The Hall–Kier alpha value is -3.16. The van der Waals surface area contributed by atoms with Crippen molar-refractivity contribution in [3.63, 3.8) is 0 Å². The van der Waals surface area contributed by atoms with Gasteiger partial charge in [0.1, 0.15) is 10.7 Å². The number of carbonyl (C=O) groups excluding carboxylic acids is 1. The van der Waals surface area contributed by atoms with Gasteiger partial charge in [0.05, 0.1) is 10.7 Å². The lowest BCUT2D eigenvalue weighted by Crippen LogP contribution is -2.55. The summed E-state index contributed by atoms with van der Waals surface area (Å²) in [6.07, 6.45) is 1.29. The molecular formula is C25H23ClFN3O2S. The van der Waals surface area contributed by atoms with Crippen LogP contribution < -0.4 is 5.73 Å². The van der Waals surface area contributed by atoms with Crippen molar-refractivity contribution in [1.82, 2.24) is 9.80 Å². The number of hydrogen-bond acceptors (Lipinski definition) is 4. The van der Waals surface area contributed by atoms with Gasteiger partial charge in [-0.1, -0.05) is 54.7 Å². The van der Waals surface area contributed by atoms with Crippen molar-refractivity contribution in [1.29, 1.82) is 0 Å². The predicted octanol–water partition coefficient (Wildman–Crippen LogP) is 4.98. The van der Waals surface area contributed by atoms with Crippen LogP contribution in [0.5, 0.6) is 5.75 Å². The van der Waals surface area contributed by atoms with Gasteiger partial charge in [-0.05, 0) is 47.5 Å². The molecule has 4 rings (SSSR count). The van der Waals surface area contributed by atoms with E-state index in [2.05, 4.69) is 6.58 Å². The molecule has 1 atom stereocenters. The van der Waals surface area contributed by atoms with Crippen molar-refractivity contribution in [2.45, 2.75) is 13.0 Å². The van der Waals surface area contributed by atoms with E-state index in [0.717, 1.165) is 10.8 Å². The summed E-state index contributed by atoms with van der Waals surface area (Å²) in [7, 11) is 0. The first-order chi connectivity index (χ1) is 15.7. The van der Waals surface area contributed by atoms with E-state index >= 15 is 4.39 Å². The Morgan fingerprint density at radius 3 is 2.73 bits per heavy atom. The Balaban J connectivity index is 1.73. The Morgan fingerprint density at radius 2 is 2.03 bits per heavy atom. The van der Waals surface area contributed by atoms with E-state index in [1.54, 1.807) is 17.0 Å². The van der Waals surface area contributed by atoms with Crippen LogP contribution in [0.25, 0.3) is 21.9 Å². The number of piperazine rings is 1. The standard InChI is InChI=1S/C25H23ClFN3O2S/c1-3-21(32)30-9-8-29(13-14(30)2)25(33)19-12-20(26)22(23(27)24(19)28)18-11-16(31)10-15-6-4-5-7-17(15)18/h3-7,10-12,14,31H,1,8-9,13,28H2,2H3/t14-/m1/s1. The molecule has 33 heavy (non-hydrogen) atoms. The monoisotopic (exact) mass is 483 g/mol. The molecule has 3 aromatic rings. The third kappa shape index (κ3) is 4.14. The first kappa shape index (κ1) is 23.0. The maximum absolute atomic E-state index is 15.7. The van der Waals surface area contributed by atoms with Crippen molar-refractivity contribution in [3.8, 4) is 16.9 Å². The summed E-state index contributed by atoms with van der Waals surface area (Å²) in [6, 6.07) is 11.9. The van der Waals surface area contributed by atoms with E-state index < -0.39 is 5.82 Å². The summed E-state index contributed by atoms with van der Waals surface area (Å²) in [5, 5.41) is 11.8. The Labute approximate surface area is 201 Å². The number of phenols is 1. The average Bonchev–Trinajstić information content (AvgIpc) is 2.80. The maximum atomic E-state index is 15.7. The van der Waals surface area contributed by atoms with E-state index in [1.807, 2.05) is 36.1 Å². The van der Waals surface area contributed by atoms with Crippen molar-refractivity contribution in [3.05, 3.63) is 71.5 Å². The van der Waals surface area contributed by atoms with E-state index in [9.17, 15) is 9.90 Å². The van der Waals surface area contributed by atoms with Crippen molar-refractivity contribution in [2.24, 2.45) is 0 Å². The molecule has 0 spiro atoms. The molecule has 1 fully saturated rings. The zero-order chi connectivity index (χ0) is 23.9. The molecule has 0 saturated carbocycles. The van der Waals surface area contributed by atoms with Crippen LogP contribution in [0.4, 0.5) is 10.1 Å². The lowest BCUT2D eigenvalue weighted by Gasteiger charge is -2.40. The third-order valence-corrected chi connectivity index (χ3v) is 6.75. The van der Waals surface area contributed by atoms with Crippen molar-refractivity contribution in [2.75, 3.05) is 25.4 Å². The summed E-state index contributed by atoms with van der Waals surface area (Å²) in [4.78, 5) is 16.0. The van der Waals surface area contributed by atoms with Crippen LogP contribution in [0.15, 0.2) is 55.1 Å². The highest BCUT2D eigenvalue weighted by Gasteiger charge is 2.29. The van der Waals surface area contributed by atoms with Gasteiger partial charge in [-0.25, -0.2) is 4.39 Å². The summed E-state index contributed by atoms with van der Waals surface area (Å²) in [5.74, 6) is -0.827. The summed E-state index contributed by atoms with van der Waals surface area (Å²) in [5.41, 5.74) is 7.01. The van der Waals surface area contributed by atoms with Gasteiger partial charge in [0, 0.05) is 36.8 Å². The molecular weight excluding hydrogens is 461 g/mol. The van der Waals surface area contributed by atoms with Gasteiger partial charge >= 0.3 is 0 Å². The van der Waals surface area contributed by atoms with Crippen LogP contribution in [-0.2, 0) is 4.79 Å². The van der Waals surface area contributed by atoms with E-state index in [-0.39, 0.29) is 34.0 Å². The number of benzene rings is 3. The van der Waals surface area contributed by atoms with E-state index in [4.69, 9.17) is 29.6 Å². The number of aromatic hydroxyl groups is 1. The first-order valence-electron chi connectivity index (χ1n) is 10.4. The number of hydrogen-bond donors (Lipinski definition) is 2. The number of fused-ring (bicyclic) bond motifs is 1. The summed E-state index contributed by atoms with van der Waals surface area (Å²) in [6.45, 7) is 6.90. The maximum Gasteiger partial charge on any atom is 0.246 e. The fourth-order valence-corrected chi connectivity index (χ4v) is 4.95. The molecule has 8 heteroatoms. The number of phenolic OH excluding ortho intramolecular Hbond substituents is 1. The number of nitrogens with zero attached hydrogens (tertiary/aromatic N) is 2. The molecule has 1 amide bonds. The molecule has 0 aromatic heterocycles. The van der Waals surface area contributed by atoms with Crippen LogP contribution in [0.1, 0.15) is 12.5 Å². The van der Waals surface area contributed by atoms with Gasteiger partial charge in [-0.15, -0.1) is 0 Å². The molecule has 170 valence electrons.